The summed E-state index contributed by atoms with van der Waals surface area (Å²) in [5, 5.41) is 0. The van der Waals surface area contributed by atoms with Gasteiger partial charge >= 0.3 is 0 Å². The van der Waals surface area contributed by atoms with E-state index in [9.17, 15) is 0 Å². The van der Waals surface area contributed by atoms with Crippen molar-refractivity contribution in [2.75, 3.05) is 5.73 Å². The van der Waals surface area contributed by atoms with E-state index in [-0.39, 0.29) is 0 Å². The van der Waals surface area contributed by atoms with Gasteiger partial charge in [0.2, 0.25) is 5.95 Å². The second kappa shape index (κ2) is 4.95. The zero-order valence-electron chi connectivity index (χ0n) is 10.3. The van der Waals surface area contributed by atoms with E-state index in [1.807, 2.05) is 6.07 Å². The molecule has 3 nitrogen and oxygen atoms in total. The Balaban J connectivity index is 2.46. The minimum Gasteiger partial charge on any atom is -0.368 e. The van der Waals surface area contributed by atoms with Gasteiger partial charge in [0.05, 0.1) is 5.69 Å². The molecule has 0 bridgehead atoms. The summed E-state index contributed by atoms with van der Waals surface area (Å²) in [4.78, 5) is 8.15. The first-order chi connectivity index (χ1) is 8.24. The first kappa shape index (κ1) is 11.6. The van der Waals surface area contributed by atoms with E-state index in [4.69, 9.17) is 5.73 Å². The number of aryl methyl sites for hydroxylation is 2. The maximum absolute atomic E-state index is 5.60. The van der Waals surface area contributed by atoms with E-state index in [1.54, 1.807) is 6.20 Å². The molecule has 0 atom stereocenters. The fourth-order valence-electron chi connectivity index (χ4n) is 1.99. The Kier molecular flexibility index (Phi) is 3.38. The van der Waals surface area contributed by atoms with Crippen LogP contribution in [0.5, 0.6) is 0 Å². The minimum atomic E-state index is 0.320. The van der Waals surface area contributed by atoms with Gasteiger partial charge in [0.1, 0.15) is 0 Å². The highest BCUT2D eigenvalue weighted by atomic mass is 15.0. The van der Waals surface area contributed by atoms with Gasteiger partial charge in [-0.25, -0.2) is 9.97 Å². The number of nitrogens with two attached hydrogens (primary N) is 1. The Labute approximate surface area is 102 Å². The van der Waals surface area contributed by atoms with E-state index >= 15 is 0 Å². The zero-order valence-corrected chi connectivity index (χ0v) is 10.3. The summed E-state index contributed by atoms with van der Waals surface area (Å²) in [6.07, 6.45) is 3.80. The molecule has 3 heteroatoms. The van der Waals surface area contributed by atoms with Crippen molar-refractivity contribution < 1.29 is 0 Å². The van der Waals surface area contributed by atoms with Crippen LogP contribution >= 0.6 is 0 Å². The lowest BCUT2D eigenvalue weighted by molar-refractivity contribution is 1.04. The Morgan fingerprint density at radius 1 is 1.06 bits per heavy atom. The zero-order chi connectivity index (χ0) is 12.3. The molecule has 2 rings (SSSR count). The normalized spacial score (nSPS) is 10.5. The van der Waals surface area contributed by atoms with Crippen molar-refractivity contribution in [2.24, 2.45) is 0 Å². The lowest BCUT2D eigenvalue weighted by atomic mass is 9.99. The molecule has 0 fully saturated rings. The lowest BCUT2D eigenvalue weighted by Crippen LogP contribution is -1.96. The molecule has 1 aromatic carbocycles. The van der Waals surface area contributed by atoms with E-state index in [0.717, 1.165) is 24.1 Å². The quantitative estimate of drug-likeness (QED) is 0.877. The summed E-state index contributed by atoms with van der Waals surface area (Å²) in [5.41, 5.74) is 10.4. The SMILES string of the molecule is CCc1ccc(-c2ccnc(N)n2)cc1CC. The fourth-order valence-corrected chi connectivity index (χ4v) is 1.99. The first-order valence-corrected chi connectivity index (χ1v) is 5.95. The maximum Gasteiger partial charge on any atom is 0.220 e. The van der Waals surface area contributed by atoms with Crippen molar-refractivity contribution in [3.63, 3.8) is 0 Å². The molecule has 88 valence electrons. The van der Waals surface area contributed by atoms with Gasteiger partial charge in [-0.05, 0) is 36.1 Å². The van der Waals surface area contributed by atoms with Crippen LogP contribution in [0.25, 0.3) is 11.3 Å². The molecule has 0 aliphatic rings. The number of benzene rings is 1. The molecule has 0 unspecified atom stereocenters. The summed E-state index contributed by atoms with van der Waals surface area (Å²) in [6.45, 7) is 4.35. The highest BCUT2D eigenvalue weighted by molar-refractivity contribution is 5.61. The predicted octanol–water partition coefficient (Wildman–Crippen LogP) is 2.85. The van der Waals surface area contributed by atoms with Crippen molar-refractivity contribution in [1.82, 2.24) is 9.97 Å². The van der Waals surface area contributed by atoms with Crippen LogP contribution in [0.3, 0.4) is 0 Å². The summed E-state index contributed by atoms with van der Waals surface area (Å²) < 4.78 is 0. The van der Waals surface area contributed by atoms with Gasteiger partial charge in [-0.15, -0.1) is 0 Å². The highest BCUT2D eigenvalue weighted by Gasteiger charge is 2.04. The molecule has 0 saturated heterocycles. The van der Waals surface area contributed by atoms with Gasteiger partial charge in [0, 0.05) is 11.8 Å². The minimum absolute atomic E-state index is 0.320. The number of anilines is 1. The van der Waals surface area contributed by atoms with Crippen molar-refractivity contribution in [3.8, 4) is 11.3 Å². The van der Waals surface area contributed by atoms with Crippen LogP contribution in [0, 0.1) is 0 Å². The van der Waals surface area contributed by atoms with Crippen LogP contribution in [0.4, 0.5) is 5.95 Å². The van der Waals surface area contributed by atoms with Gasteiger partial charge in [-0.2, -0.15) is 0 Å². The average Bonchev–Trinajstić information content (AvgIpc) is 2.38. The second-order valence-corrected chi connectivity index (χ2v) is 3.99. The summed E-state index contributed by atoms with van der Waals surface area (Å²) in [5.74, 6) is 0.320. The Bertz CT molecular complexity index is 521. The molecule has 2 N–H and O–H groups in total. The third-order valence-electron chi connectivity index (χ3n) is 2.94. The van der Waals surface area contributed by atoms with Crippen LogP contribution in [0.1, 0.15) is 25.0 Å². The number of nitrogen functional groups attached to an aromatic ring is 1. The third-order valence-corrected chi connectivity index (χ3v) is 2.94. The standard InChI is InChI=1S/C14H17N3/c1-3-10-5-6-12(9-11(10)4-2)13-7-8-16-14(15)17-13/h5-9H,3-4H2,1-2H3,(H2,15,16,17). The van der Waals surface area contributed by atoms with Gasteiger partial charge in [-0.1, -0.05) is 26.0 Å². The molecule has 0 saturated carbocycles. The molecule has 0 amide bonds. The number of nitrogens with zero attached hydrogens (tertiary/aromatic N) is 2. The molecule has 1 aromatic heterocycles. The van der Waals surface area contributed by atoms with Crippen molar-refractivity contribution in [1.29, 1.82) is 0 Å². The predicted molar refractivity (Wildman–Crippen MR) is 70.6 cm³/mol. The number of hydrogen-bond acceptors (Lipinski definition) is 3. The Morgan fingerprint density at radius 2 is 1.82 bits per heavy atom. The first-order valence-electron chi connectivity index (χ1n) is 5.95. The van der Waals surface area contributed by atoms with Gasteiger partial charge in [0.15, 0.2) is 0 Å². The third kappa shape index (κ3) is 2.44. The molecule has 0 aliphatic heterocycles. The summed E-state index contributed by atoms with van der Waals surface area (Å²) in [6, 6.07) is 8.35. The Hall–Kier alpha value is -1.90. The van der Waals surface area contributed by atoms with Crippen molar-refractivity contribution >= 4 is 5.95 Å². The van der Waals surface area contributed by atoms with Gasteiger partial charge < -0.3 is 5.73 Å². The molecule has 17 heavy (non-hydrogen) atoms. The highest BCUT2D eigenvalue weighted by Crippen LogP contribution is 2.22. The van der Waals surface area contributed by atoms with Crippen LogP contribution in [0.2, 0.25) is 0 Å². The average molecular weight is 227 g/mol. The number of rotatable bonds is 3. The molecular formula is C14H17N3. The fraction of sp³-hybridized carbons (Fsp3) is 0.286. The molecular weight excluding hydrogens is 210 g/mol. The molecule has 0 aliphatic carbocycles. The van der Waals surface area contributed by atoms with Crippen LogP contribution in [0.15, 0.2) is 30.5 Å². The van der Waals surface area contributed by atoms with Crippen LogP contribution in [-0.2, 0) is 12.8 Å². The molecule has 0 radical (unpaired) electrons. The van der Waals surface area contributed by atoms with Crippen LogP contribution < -0.4 is 5.73 Å². The van der Waals surface area contributed by atoms with E-state index in [2.05, 4.69) is 42.0 Å². The van der Waals surface area contributed by atoms with E-state index in [0.29, 0.717) is 5.95 Å². The smallest absolute Gasteiger partial charge is 0.220 e. The summed E-state index contributed by atoms with van der Waals surface area (Å²) >= 11 is 0. The lowest BCUT2D eigenvalue weighted by Gasteiger charge is -2.08. The molecule has 1 heterocycles. The van der Waals surface area contributed by atoms with Crippen molar-refractivity contribution in [2.45, 2.75) is 26.7 Å². The maximum atomic E-state index is 5.60. The number of aromatic nitrogens is 2. The van der Waals surface area contributed by atoms with E-state index in [1.165, 1.54) is 11.1 Å². The molecule has 2 aromatic rings. The Morgan fingerprint density at radius 3 is 2.47 bits per heavy atom. The van der Waals surface area contributed by atoms with Crippen molar-refractivity contribution in [3.05, 3.63) is 41.6 Å². The molecule has 0 spiro atoms. The monoisotopic (exact) mass is 227 g/mol. The van der Waals surface area contributed by atoms with Crippen LogP contribution in [-0.4, -0.2) is 9.97 Å². The van der Waals surface area contributed by atoms with Gasteiger partial charge in [-0.3, -0.25) is 0 Å². The second-order valence-electron chi connectivity index (χ2n) is 3.99. The number of hydrogen-bond donors (Lipinski definition) is 1. The largest absolute Gasteiger partial charge is 0.368 e. The van der Waals surface area contributed by atoms with Gasteiger partial charge in [0.25, 0.3) is 0 Å². The van der Waals surface area contributed by atoms with E-state index < -0.39 is 0 Å². The summed E-state index contributed by atoms with van der Waals surface area (Å²) in [7, 11) is 0. The topological polar surface area (TPSA) is 51.8 Å².